The molecule has 0 saturated heterocycles. The van der Waals surface area contributed by atoms with E-state index in [0.717, 1.165) is 23.3 Å². The molecule has 0 aromatic heterocycles. The Morgan fingerprint density at radius 2 is 1.68 bits per heavy atom. The van der Waals surface area contributed by atoms with Crippen molar-refractivity contribution in [3.05, 3.63) is 70.3 Å². The standard InChI is InChI=1S/C18H16F3N/c1-13-4-2-3-5-14(13)6-7-15-8-9-17(18(19,20)21)12-16(15)10-11-22/h2-5,8-9,12H,10-11,22H2,1H3. The van der Waals surface area contributed by atoms with Crippen molar-refractivity contribution in [1.82, 2.24) is 0 Å². The van der Waals surface area contributed by atoms with Crippen LogP contribution in [0.4, 0.5) is 13.2 Å². The number of nitrogens with two attached hydrogens (primary N) is 1. The second-order valence-corrected chi connectivity index (χ2v) is 4.97. The molecule has 0 radical (unpaired) electrons. The van der Waals surface area contributed by atoms with Crippen LogP contribution in [-0.4, -0.2) is 6.54 Å². The molecule has 2 aromatic rings. The van der Waals surface area contributed by atoms with Crippen LogP contribution in [0.15, 0.2) is 42.5 Å². The number of aryl methyl sites for hydroxylation is 1. The van der Waals surface area contributed by atoms with E-state index in [-0.39, 0.29) is 6.54 Å². The fourth-order valence-electron chi connectivity index (χ4n) is 2.10. The number of alkyl halides is 3. The minimum Gasteiger partial charge on any atom is -0.330 e. The predicted octanol–water partition coefficient (Wildman–Crippen LogP) is 3.91. The normalized spacial score (nSPS) is 11.0. The van der Waals surface area contributed by atoms with Crippen LogP contribution >= 0.6 is 0 Å². The van der Waals surface area contributed by atoms with Crippen molar-refractivity contribution in [2.24, 2.45) is 5.73 Å². The van der Waals surface area contributed by atoms with Crippen LogP contribution in [0.25, 0.3) is 0 Å². The molecule has 2 rings (SSSR count). The average molecular weight is 303 g/mol. The van der Waals surface area contributed by atoms with E-state index in [1.807, 2.05) is 31.2 Å². The van der Waals surface area contributed by atoms with E-state index in [9.17, 15) is 13.2 Å². The molecule has 1 nitrogen and oxygen atoms in total. The molecule has 22 heavy (non-hydrogen) atoms. The number of benzene rings is 2. The third kappa shape index (κ3) is 3.90. The number of hydrogen-bond donors (Lipinski definition) is 1. The first-order chi connectivity index (χ1) is 10.4. The summed E-state index contributed by atoms with van der Waals surface area (Å²) in [6.07, 6.45) is -3.99. The van der Waals surface area contributed by atoms with Gasteiger partial charge in [0.15, 0.2) is 0 Å². The molecule has 0 saturated carbocycles. The fourth-order valence-corrected chi connectivity index (χ4v) is 2.10. The summed E-state index contributed by atoms with van der Waals surface area (Å²) in [6.45, 7) is 2.22. The monoisotopic (exact) mass is 303 g/mol. The van der Waals surface area contributed by atoms with Crippen molar-refractivity contribution in [1.29, 1.82) is 0 Å². The molecular weight excluding hydrogens is 287 g/mol. The maximum atomic E-state index is 12.8. The van der Waals surface area contributed by atoms with E-state index in [1.165, 1.54) is 6.07 Å². The molecule has 114 valence electrons. The first-order valence-electron chi connectivity index (χ1n) is 6.89. The molecule has 0 bridgehead atoms. The zero-order valence-electron chi connectivity index (χ0n) is 12.2. The third-order valence-corrected chi connectivity index (χ3v) is 3.32. The molecule has 0 amide bonds. The van der Waals surface area contributed by atoms with Gasteiger partial charge >= 0.3 is 6.18 Å². The Hall–Kier alpha value is -2.25. The molecule has 0 aliphatic rings. The summed E-state index contributed by atoms with van der Waals surface area (Å²) in [4.78, 5) is 0. The Labute approximate surface area is 128 Å². The minimum atomic E-state index is -4.36. The van der Waals surface area contributed by atoms with Crippen molar-refractivity contribution >= 4 is 0 Å². The predicted molar refractivity (Wildman–Crippen MR) is 81.4 cm³/mol. The van der Waals surface area contributed by atoms with Gasteiger partial charge in [-0.25, -0.2) is 0 Å². The van der Waals surface area contributed by atoms with Gasteiger partial charge in [0.25, 0.3) is 0 Å². The second kappa shape index (κ2) is 6.67. The van der Waals surface area contributed by atoms with Crippen LogP contribution in [0.1, 0.15) is 27.8 Å². The van der Waals surface area contributed by atoms with Crippen LogP contribution in [0.2, 0.25) is 0 Å². The Kier molecular flexibility index (Phi) is 4.89. The molecule has 0 aliphatic heterocycles. The van der Waals surface area contributed by atoms with Gasteiger partial charge in [-0.15, -0.1) is 0 Å². The molecule has 0 atom stereocenters. The minimum absolute atomic E-state index is 0.278. The van der Waals surface area contributed by atoms with Crippen LogP contribution in [0.5, 0.6) is 0 Å². The Bertz CT molecular complexity index is 721. The Morgan fingerprint density at radius 3 is 2.32 bits per heavy atom. The molecule has 2 aromatic carbocycles. The number of rotatable bonds is 2. The lowest BCUT2D eigenvalue weighted by atomic mass is 10.0. The zero-order chi connectivity index (χ0) is 16.2. The van der Waals surface area contributed by atoms with Gasteiger partial charge in [-0.2, -0.15) is 13.2 Å². The van der Waals surface area contributed by atoms with Crippen molar-refractivity contribution < 1.29 is 13.2 Å². The highest BCUT2D eigenvalue weighted by Crippen LogP contribution is 2.30. The summed E-state index contributed by atoms with van der Waals surface area (Å²) in [5.41, 5.74) is 7.82. The van der Waals surface area contributed by atoms with Crippen molar-refractivity contribution in [3.8, 4) is 11.8 Å². The van der Waals surface area contributed by atoms with Crippen molar-refractivity contribution in [3.63, 3.8) is 0 Å². The van der Waals surface area contributed by atoms with Crippen LogP contribution in [-0.2, 0) is 12.6 Å². The van der Waals surface area contributed by atoms with E-state index < -0.39 is 11.7 Å². The summed E-state index contributed by atoms with van der Waals surface area (Å²) in [7, 11) is 0. The zero-order valence-corrected chi connectivity index (χ0v) is 12.2. The summed E-state index contributed by atoms with van der Waals surface area (Å²) < 4.78 is 38.3. The topological polar surface area (TPSA) is 26.0 Å². The van der Waals surface area contributed by atoms with Crippen LogP contribution in [0, 0.1) is 18.8 Å². The number of hydrogen-bond acceptors (Lipinski definition) is 1. The highest BCUT2D eigenvalue weighted by Gasteiger charge is 2.30. The molecule has 2 N–H and O–H groups in total. The second-order valence-electron chi connectivity index (χ2n) is 4.97. The summed E-state index contributed by atoms with van der Waals surface area (Å²) in [5.74, 6) is 5.98. The smallest absolute Gasteiger partial charge is 0.330 e. The van der Waals surface area contributed by atoms with Crippen LogP contribution < -0.4 is 5.73 Å². The Morgan fingerprint density at radius 1 is 1.00 bits per heavy atom. The van der Waals surface area contributed by atoms with Crippen molar-refractivity contribution in [2.75, 3.05) is 6.54 Å². The number of halogens is 3. The van der Waals surface area contributed by atoms with Gasteiger partial charge < -0.3 is 5.73 Å². The molecular formula is C18H16F3N. The van der Waals surface area contributed by atoms with E-state index >= 15 is 0 Å². The first-order valence-corrected chi connectivity index (χ1v) is 6.89. The van der Waals surface area contributed by atoms with Crippen molar-refractivity contribution in [2.45, 2.75) is 19.5 Å². The van der Waals surface area contributed by atoms with Gasteiger partial charge in [-0.3, -0.25) is 0 Å². The first kappa shape index (κ1) is 16.1. The SMILES string of the molecule is Cc1ccccc1C#Cc1ccc(C(F)(F)F)cc1CCN. The Balaban J connectivity index is 2.42. The van der Waals surface area contributed by atoms with Gasteiger partial charge in [-0.1, -0.05) is 30.0 Å². The quantitative estimate of drug-likeness (QED) is 0.836. The molecule has 0 aliphatic carbocycles. The molecule has 0 spiro atoms. The molecule has 4 heteroatoms. The summed E-state index contributed by atoms with van der Waals surface area (Å²) >= 11 is 0. The van der Waals surface area contributed by atoms with Gasteiger partial charge in [0.05, 0.1) is 5.56 Å². The van der Waals surface area contributed by atoms with E-state index in [0.29, 0.717) is 17.5 Å². The van der Waals surface area contributed by atoms with E-state index in [4.69, 9.17) is 5.73 Å². The third-order valence-electron chi connectivity index (χ3n) is 3.32. The maximum absolute atomic E-state index is 12.8. The van der Waals surface area contributed by atoms with Gasteiger partial charge in [0.1, 0.15) is 0 Å². The van der Waals surface area contributed by atoms with Crippen LogP contribution in [0.3, 0.4) is 0 Å². The molecule has 0 fully saturated rings. The summed E-state index contributed by atoms with van der Waals surface area (Å²) in [5, 5.41) is 0. The lowest BCUT2D eigenvalue weighted by Crippen LogP contribution is -2.09. The maximum Gasteiger partial charge on any atom is 0.416 e. The average Bonchev–Trinajstić information content (AvgIpc) is 2.46. The fraction of sp³-hybridized carbons (Fsp3) is 0.222. The van der Waals surface area contributed by atoms with Gasteiger partial charge in [0, 0.05) is 11.1 Å². The largest absolute Gasteiger partial charge is 0.416 e. The molecule has 0 heterocycles. The highest BCUT2D eigenvalue weighted by molar-refractivity contribution is 5.50. The summed E-state index contributed by atoms with van der Waals surface area (Å²) in [6, 6.07) is 11.2. The lowest BCUT2D eigenvalue weighted by molar-refractivity contribution is -0.137. The van der Waals surface area contributed by atoms with E-state index in [1.54, 1.807) is 0 Å². The van der Waals surface area contributed by atoms with Gasteiger partial charge in [-0.05, 0) is 55.3 Å². The highest BCUT2D eigenvalue weighted by atomic mass is 19.4. The lowest BCUT2D eigenvalue weighted by Gasteiger charge is -2.10. The molecule has 0 unspecified atom stereocenters. The van der Waals surface area contributed by atoms with E-state index in [2.05, 4.69) is 11.8 Å². The van der Waals surface area contributed by atoms with Gasteiger partial charge in [0.2, 0.25) is 0 Å².